The summed E-state index contributed by atoms with van der Waals surface area (Å²) < 4.78 is 0. The average Bonchev–Trinajstić information content (AvgIpc) is 2.88. The van der Waals surface area contributed by atoms with Gasteiger partial charge in [-0.3, -0.25) is 4.79 Å². The minimum atomic E-state index is 0.0785. The van der Waals surface area contributed by atoms with E-state index in [9.17, 15) is 4.79 Å². The van der Waals surface area contributed by atoms with Gasteiger partial charge in [0, 0.05) is 42.8 Å². The quantitative estimate of drug-likeness (QED) is 0.909. The first-order valence-corrected chi connectivity index (χ1v) is 8.73. The summed E-state index contributed by atoms with van der Waals surface area (Å²) in [5, 5.41) is 3.73. The van der Waals surface area contributed by atoms with Crippen molar-refractivity contribution in [3.63, 3.8) is 0 Å². The van der Waals surface area contributed by atoms with Crippen LogP contribution in [-0.4, -0.2) is 35.9 Å². The molecule has 1 aromatic carbocycles. The van der Waals surface area contributed by atoms with Gasteiger partial charge in [0.05, 0.1) is 0 Å². The second-order valence-corrected chi connectivity index (χ2v) is 6.61. The van der Waals surface area contributed by atoms with E-state index in [0.29, 0.717) is 17.3 Å². The van der Waals surface area contributed by atoms with Gasteiger partial charge >= 0.3 is 0 Å². The van der Waals surface area contributed by atoms with E-state index in [2.05, 4.69) is 22.4 Å². The number of halogens is 1. The van der Waals surface area contributed by atoms with Crippen molar-refractivity contribution in [3.05, 3.63) is 58.7 Å². The van der Waals surface area contributed by atoms with Crippen molar-refractivity contribution in [3.8, 4) is 0 Å². The summed E-state index contributed by atoms with van der Waals surface area (Å²) in [6.45, 7) is 1.55. The molecule has 2 heterocycles. The van der Waals surface area contributed by atoms with Gasteiger partial charge in [-0.25, -0.2) is 4.98 Å². The second kappa shape index (κ2) is 7.67. The Kier molecular flexibility index (Phi) is 5.36. The fraction of sp³-hybridized carbons (Fsp3) is 0.368. The number of aromatic nitrogens is 1. The van der Waals surface area contributed by atoms with Crippen LogP contribution in [0.15, 0.2) is 42.6 Å². The Hall–Kier alpha value is -2.07. The van der Waals surface area contributed by atoms with Crippen LogP contribution >= 0.6 is 11.6 Å². The van der Waals surface area contributed by atoms with E-state index < -0.39 is 0 Å². The molecular formula is C19H22ClN3O. The van der Waals surface area contributed by atoms with E-state index in [-0.39, 0.29) is 5.91 Å². The smallest absolute Gasteiger partial charge is 0.254 e. The number of pyridine rings is 1. The monoisotopic (exact) mass is 343 g/mol. The normalized spacial score (nSPS) is 18.1. The molecule has 1 fully saturated rings. The van der Waals surface area contributed by atoms with Gasteiger partial charge in [-0.2, -0.15) is 0 Å². The molecule has 1 aromatic heterocycles. The number of hydrogen-bond donors (Lipinski definition) is 1. The summed E-state index contributed by atoms with van der Waals surface area (Å²) in [7, 11) is 1.80. The van der Waals surface area contributed by atoms with Crippen molar-refractivity contribution < 1.29 is 4.79 Å². The van der Waals surface area contributed by atoms with Crippen LogP contribution in [0.2, 0.25) is 5.02 Å². The van der Waals surface area contributed by atoms with E-state index in [0.717, 1.165) is 37.4 Å². The van der Waals surface area contributed by atoms with Gasteiger partial charge in [0.15, 0.2) is 0 Å². The van der Waals surface area contributed by atoms with Crippen LogP contribution in [0.5, 0.6) is 0 Å². The number of carbonyl (C=O) groups is 1. The molecule has 1 aliphatic rings. The minimum absolute atomic E-state index is 0.0785. The highest BCUT2D eigenvalue weighted by atomic mass is 35.5. The zero-order valence-corrected chi connectivity index (χ0v) is 14.6. The van der Waals surface area contributed by atoms with Crippen molar-refractivity contribution in [1.29, 1.82) is 0 Å². The van der Waals surface area contributed by atoms with Crippen molar-refractivity contribution >= 4 is 23.3 Å². The molecule has 1 amide bonds. The highest BCUT2D eigenvalue weighted by molar-refractivity contribution is 6.30. The molecule has 0 bridgehead atoms. The molecule has 0 aliphatic carbocycles. The largest absolute Gasteiger partial charge is 0.373 e. The van der Waals surface area contributed by atoms with Gasteiger partial charge in [0.25, 0.3) is 5.91 Å². The van der Waals surface area contributed by atoms with Crippen LogP contribution < -0.4 is 5.32 Å². The number of nitrogens with one attached hydrogen (secondary N) is 1. The highest BCUT2D eigenvalue weighted by Gasteiger charge is 2.24. The van der Waals surface area contributed by atoms with E-state index in [1.54, 1.807) is 19.3 Å². The van der Waals surface area contributed by atoms with E-state index >= 15 is 0 Å². The van der Waals surface area contributed by atoms with Crippen molar-refractivity contribution in [1.82, 2.24) is 9.88 Å². The first kappa shape index (κ1) is 16.8. The van der Waals surface area contributed by atoms with E-state index in [1.807, 2.05) is 23.1 Å². The minimum Gasteiger partial charge on any atom is -0.373 e. The van der Waals surface area contributed by atoms with E-state index in [1.165, 1.54) is 5.56 Å². The van der Waals surface area contributed by atoms with Gasteiger partial charge in [-0.1, -0.05) is 30.2 Å². The molecule has 126 valence electrons. The summed E-state index contributed by atoms with van der Waals surface area (Å²) in [5.74, 6) is 1.15. The molecule has 3 rings (SSSR count). The van der Waals surface area contributed by atoms with Crippen LogP contribution in [0.1, 0.15) is 41.1 Å². The first-order valence-electron chi connectivity index (χ1n) is 8.36. The molecule has 0 spiro atoms. The zero-order chi connectivity index (χ0) is 16.9. The molecule has 0 radical (unpaired) electrons. The molecule has 4 nitrogen and oxygen atoms in total. The topological polar surface area (TPSA) is 45.2 Å². The van der Waals surface area contributed by atoms with Gasteiger partial charge in [-0.05, 0) is 42.7 Å². The molecule has 1 N–H and O–H groups in total. The Bertz CT molecular complexity index is 702. The SMILES string of the molecule is CNc1cc(C(=O)N2CCCCC(c3ccc(Cl)cc3)C2)ccn1. The van der Waals surface area contributed by atoms with Crippen LogP contribution in [0.25, 0.3) is 0 Å². The number of nitrogens with zero attached hydrogens (tertiary/aromatic N) is 2. The van der Waals surface area contributed by atoms with Crippen molar-refractivity contribution in [2.75, 3.05) is 25.5 Å². The Morgan fingerprint density at radius 2 is 2.04 bits per heavy atom. The Labute approximate surface area is 147 Å². The summed E-state index contributed by atoms with van der Waals surface area (Å²) in [6.07, 6.45) is 4.95. The lowest BCUT2D eigenvalue weighted by Crippen LogP contribution is -2.34. The lowest BCUT2D eigenvalue weighted by Gasteiger charge is -2.25. The number of carbonyl (C=O) groups excluding carboxylic acids is 1. The van der Waals surface area contributed by atoms with Crippen LogP contribution in [0, 0.1) is 0 Å². The Morgan fingerprint density at radius 3 is 2.79 bits per heavy atom. The fourth-order valence-electron chi connectivity index (χ4n) is 3.22. The summed E-state index contributed by atoms with van der Waals surface area (Å²) in [6, 6.07) is 11.6. The van der Waals surface area contributed by atoms with Crippen molar-refractivity contribution in [2.24, 2.45) is 0 Å². The lowest BCUT2D eigenvalue weighted by atomic mass is 9.94. The molecule has 1 atom stereocenters. The van der Waals surface area contributed by atoms with Gasteiger partial charge < -0.3 is 10.2 Å². The molecular weight excluding hydrogens is 322 g/mol. The predicted molar refractivity (Wildman–Crippen MR) is 97.7 cm³/mol. The number of hydrogen-bond acceptors (Lipinski definition) is 3. The van der Waals surface area contributed by atoms with Gasteiger partial charge in [0.2, 0.25) is 0 Å². The van der Waals surface area contributed by atoms with E-state index in [4.69, 9.17) is 11.6 Å². The maximum absolute atomic E-state index is 12.9. The molecule has 1 unspecified atom stereocenters. The maximum atomic E-state index is 12.9. The molecule has 5 heteroatoms. The van der Waals surface area contributed by atoms with Crippen LogP contribution in [0.3, 0.4) is 0 Å². The van der Waals surface area contributed by atoms with Gasteiger partial charge in [-0.15, -0.1) is 0 Å². The lowest BCUT2D eigenvalue weighted by molar-refractivity contribution is 0.0754. The zero-order valence-electron chi connectivity index (χ0n) is 13.8. The summed E-state index contributed by atoms with van der Waals surface area (Å²) >= 11 is 5.99. The first-order chi connectivity index (χ1) is 11.7. The number of benzene rings is 1. The summed E-state index contributed by atoms with van der Waals surface area (Å²) in [5.41, 5.74) is 1.94. The molecule has 0 saturated carbocycles. The van der Waals surface area contributed by atoms with Crippen LogP contribution in [0.4, 0.5) is 5.82 Å². The third-order valence-electron chi connectivity index (χ3n) is 4.56. The third-order valence-corrected chi connectivity index (χ3v) is 4.82. The number of amides is 1. The summed E-state index contributed by atoms with van der Waals surface area (Å²) in [4.78, 5) is 19.1. The maximum Gasteiger partial charge on any atom is 0.254 e. The standard InChI is InChI=1S/C19H22ClN3O/c1-21-18-12-15(9-10-22-18)19(24)23-11-3-2-4-16(13-23)14-5-7-17(20)8-6-14/h5-10,12,16H,2-4,11,13H2,1H3,(H,21,22). The van der Waals surface area contributed by atoms with Crippen molar-refractivity contribution in [2.45, 2.75) is 25.2 Å². The molecule has 2 aromatic rings. The second-order valence-electron chi connectivity index (χ2n) is 6.18. The third kappa shape index (κ3) is 3.88. The van der Waals surface area contributed by atoms with Gasteiger partial charge in [0.1, 0.15) is 5.82 Å². The average molecular weight is 344 g/mol. The highest BCUT2D eigenvalue weighted by Crippen LogP contribution is 2.28. The number of anilines is 1. The number of rotatable bonds is 3. The molecule has 1 saturated heterocycles. The fourth-order valence-corrected chi connectivity index (χ4v) is 3.34. The molecule has 1 aliphatic heterocycles. The predicted octanol–water partition coefficient (Wildman–Crippen LogP) is 4.19. The Morgan fingerprint density at radius 1 is 1.25 bits per heavy atom. The Balaban J connectivity index is 1.79. The molecule has 24 heavy (non-hydrogen) atoms. The number of likely N-dealkylation sites (tertiary alicyclic amines) is 1. The van der Waals surface area contributed by atoms with Crippen LogP contribution in [-0.2, 0) is 0 Å².